The third-order valence-corrected chi connectivity index (χ3v) is 12.2. The molecule has 6 rings (SSSR count). The van der Waals surface area contributed by atoms with E-state index in [0.29, 0.717) is 41.9 Å². The Morgan fingerprint density at radius 1 is 0.470 bits per heavy atom. The van der Waals surface area contributed by atoms with Crippen LogP contribution < -0.4 is 30.0 Å². The van der Waals surface area contributed by atoms with Gasteiger partial charge in [-0.25, -0.2) is 0 Å². The molecule has 0 amide bonds. The largest absolute Gasteiger partial charge is 0.504 e. The number of benzene rings is 5. The monoisotopic (exact) mass is 899 g/mol. The van der Waals surface area contributed by atoms with E-state index in [0.717, 1.165) is 44.9 Å². The summed E-state index contributed by atoms with van der Waals surface area (Å²) in [5.74, 6) is -0.580. The standard InChI is InChI=1S/C56H70N2O8/c1-4-7-10-12-14-16-18-20-35-63-41-27-31-43(32-28-41)65-47-37-45(57)49-51(53(47)59)56(62)50-46(58-40-25-23-39(24-26-40)22-9-6-3)38-48(54(60)52(50)55(49)61)66-44-33-29-42(30-34-44)64-36-21-19-17-15-13-11-8-5-2/h23-34,37-38,58-60H,4-22,35-36,57H2,1-3H3. The van der Waals surface area contributed by atoms with E-state index in [4.69, 9.17) is 24.7 Å². The summed E-state index contributed by atoms with van der Waals surface area (Å²) in [7, 11) is 0. The number of rotatable bonds is 29. The highest BCUT2D eigenvalue weighted by molar-refractivity contribution is 6.34. The molecule has 352 valence electrons. The average Bonchev–Trinajstić information content (AvgIpc) is 3.32. The molecule has 5 aromatic rings. The molecule has 1 aliphatic rings. The van der Waals surface area contributed by atoms with Crippen molar-refractivity contribution in [3.05, 3.63) is 113 Å². The number of hydrogen-bond donors (Lipinski definition) is 4. The third-order valence-electron chi connectivity index (χ3n) is 12.2. The highest BCUT2D eigenvalue weighted by Gasteiger charge is 2.40. The molecule has 0 spiro atoms. The fourth-order valence-electron chi connectivity index (χ4n) is 8.35. The molecule has 0 unspecified atom stereocenters. The number of hydrogen-bond acceptors (Lipinski definition) is 10. The number of ketones is 2. The van der Waals surface area contributed by atoms with Gasteiger partial charge in [0.2, 0.25) is 11.6 Å². The summed E-state index contributed by atoms with van der Waals surface area (Å²) in [6.45, 7) is 7.83. The van der Waals surface area contributed by atoms with Gasteiger partial charge in [-0.15, -0.1) is 0 Å². The second-order valence-corrected chi connectivity index (χ2v) is 17.5. The van der Waals surface area contributed by atoms with Crippen LogP contribution in [-0.2, 0) is 6.42 Å². The highest BCUT2D eigenvalue weighted by atomic mass is 16.5. The van der Waals surface area contributed by atoms with Crippen molar-refractivity contribution >= 4 is 28.6 Å². The molecule has 5 aromatic carbocycles. The van der Waals surface area contributed by atoms with E-state index in [1.54, 1.807) is 48.5 Å². The Labute approximate surface area is 391 Å². The predicted octanol–water partition coefficient (Wildman–Crippen LogP) is 15.2. The molecule has 1 aliphatic carbocycles. The number of phenolic OH excluding ortho intramolecular Hbond substituents is 2. The van der Waals surface area contributed by atoms with Crippen LogP contribution in [0.4, 0.5) is 17.1 Å². The van der Waals surface area contributed by atoms with E-state index >= 15 is 0 Å². The molecule has 0 aromatic heterocycles. The molecule has 0 atom stereocenters. The number of aromatic hydroxyl groups is 2. The molecule has 10 heteroatoms. The molecule has 0 saturated heterocycles. The normalized spacial score (nSPS) is 11.9. The van der Waals surface area contributed by atoms with Gasteiger partial charge >= 0.3 is 0 Å². The van der Waals surface area contributed by atoms with Gasteiger partial charge in [-0.05, 0) is 91.9 Å². The van der Waals surface area contributed by atoms with Crippen LogP contribution in [0, 0.1) is 0 Å². The lowest BCUT2D eigenvalue weighted by Crippen LogP contribution is -2.24. The van der Waals surface area contributed by atoms with Crippen molar-refractivity contribution in [1.29, 1.82) is 0 Å². The quantitative estimate of drug-likeness (QED) is 0.0204. The summed E-state index contributed by atoms with van der Waals surface area (Å²) < 4.78 is 24.2. The summed E-state index contributed by atoms with van der Waals surface area (Å²) in [6.07, 6.45) is 22.5. The number of nitrogen functional groups attached to an aromatic ring is 1. The summed E-state index contributed by atoms with van der Waals surface area (Å²) in [6, 6.07) is 24.6. The van der Waals surface area contributed by atoms with E-state index in [1.165, 1.54) is 94.7 Å². The van der Waals surface area contributed by atoms with Gasteiger partial charge in [-0.3, -0.25) is 9.59 Å². The molecule has 5 N–H and O–H groups in total. The first kappa shape index (κ1) is 49.3. The van der Waals surface area contributed by atoms with Gasteiger partial charge in [-0.2, -0.15) is 0 Å². The first-order valence-corrected chi connectivity index (χ1v) is 24.5. The fraction of sp³-hybridized carbons (Fsp3) is 0.429. The van der Waals surface area contributed by atoms with Crippen molar-refractivity contribution in [1.82, 2.24) is 0 Å². The second-order valence-electron chi connectivity index (χ2n) is 17.5. The maximum atomic E-state index is 14.7. The molecule has 0 bridgehead atoms. The van der Waals surface area contributed by atoms with E-state index in [-0.39, 0.29) is 45.1 Å². The molecular weight excluding hydrogens is 829 g/mol. The minimum absolute atomic E-state index is 0.0546. The van der Waals surface area contributed by atoms with Gasteiger partial charge in [0.25, 0.3) is 0 Å². The van der Waals surface area contributed by atoms with Crippen LogP contribution in [0.2, 0.25) is 0 Å². The SMILES string of the molecule is CCCCCCCCCCOc1ccc(Oc2cc(N)c3c(c2O)C(=O)c2c(Nc4ccc(CCCC)cc4)cc(Oc4ccc(OCCCCCCCCCC)cc4)c(O)c2C3=O)cc1. The Morgan fingerprint density at radius 3 is 1.36 bits per heavy atom. The van der Waals surface area contributed by atoms with Gasteiger partial charge in [0, 0.05) is 23.5 Å². The fourth-order valence-corrected chi connectivity index (χ4v) is 8.35. The summed E-state index contributed by atoms with van der Waals surface area (Å²) in [4.78, 5) is 29.2. The number of anilines is 3. The van der Waals surface area contributed by atoms with Gasteiger partial charge < -0.3 is 40.2 Å². The molecule has 10 nitrogen and oxygen atoms in total. The lowest BCUT2D eigenvalue weighted by atomic mass is 9.81. The van der Waals surface area contributed by atoms with E-state index < -0.39 is 23.1 Å². The number of unbranched alkanes of at least 4 members (excludes halogenated alkanes) is 15. The summed E-state index contributed by atoms with van der Waals surface area (Å²) >= 11 is 0. The van der Waals surface area contributed by atoms with Crippen LogP contribution in [0.5, 0.6) is 46.0 Å². The number of nitrogens with one attached hydrogen (secondary N) is 1. The Balaban J connectivity index is 1.19. The van der Waals surface area contributed by atoms with E-state index in [9.17, 15) is 19.8 Å². The maximum absolute atomic E-state index is 14.7. The lowest BCUT2D eigenvalue weighted by molar-refractivity contribution is 0.0974. The van der Waals surface area contributed by atoms with Crippen molar-refractivity contribution in [2.24, 2.45) is 0 Å². The van der Waals surface area contributed by atoms with Crippen molar-refractivity contribution in [3.8, 4) is 46.0 Å². The third kappa shape index (κ3) is 13.5. The van der Waals surface area contributed by atoms with Crippen molar-refractivity contribution in [3.63, 3.8) is 0 Å². The predicted molar refractivity (Wildman–Crippen MR) is 265 cm³/mol. The van der Waals surface area contributed by atoms with Crippen molar-refractivity contribution in [2.45, 2.75) is 143 Å². The number of carbonyl (C=O) groups is 2. The first-order chi connectivity index (χ1) is 32.2. The number of carbonyl (C=O) groups excluding carboxylic acids is 2. The van der Waals surface area contributed by atoms with Crippen LogP contribution in [0.1, 0.15) is 174 Å². The first-order valence-electron chi connectivity index (χ1n) is 24.5. The highest BCUT2D eigenvalue weighted by Crippen LogP contribution is 2.50. The Kier molecular flexibility index (Phi) is 19.0. The zero-order valence-corrected chi connectivity index (χ0v) is 39.4. The lowest BCUT2D eigenvalue weighted by Gasteiger charge is -2.25. The van der Waals surface area contributed by atoms with E-state index in [1.807, 2.05) is 24.3 Å². The number of fused-ring (bicyclic) bond motifs is 2. The summed E-state index contributed by atoms with van der Waals surface area (Å²) in [5.41, 5.74) is 7.43. The molecule has 66 heavy (non-hydrogen) atoms. The van der Waals surface area contributed by atoms with E-state index in [2.05, 4.69) is 26.1 Å². The van der Waals surface area contributed by atoms with Crippen LogP contribution in [-0.4, -0.2) is 35.0 Å². The number of nitrogens with two attached hydrogens (primary N) is 1. The average molecular weight is 899 g/mol. The van der Waals surface area contributed by atoms with Crippen LogP contribution in [0.25, 0.3) is 0 Å². The zero-order valence-electron chi connectivity index (χ0n) is 39.4. The Morgan fingerprint density at radius 2 is 0.879 bits per heavy atom. The Hall–Kier alpha value is -6.16. The molecule has 0 radical (unpaired) electrons. The van der Waals surface area contributed by atoms with Gasteiger partial charge in [0.15, 0.2) is 23.0 Å². The molecule has 0 aliphatic heterocycles. The second kappa shape index (κ2) is 25.5. The maximum Gasteiger partial charge on any atom is 0.200 e. The smallest absolute Gasteiger partial charge is 0.200 e. The number of phenols is 2. The van der Waals surface area contributed by atoms with Crippen LogP contribution in [0.3, 0.4) is 0 Å². The van der Waals surface area contributed by atoms with Gasteiger partial charge in [0.05, 0.1) is 41.2 Å². The van der Waals surface area contributed by atoms with Crippen LogP contribution in [0.15, 0.2) is 84.9 Å². The molecular formula is C56H70N2O8. The van der Waals surface area contributed by atoms with Gasteiger partial charge in [-0.1, -0.05) is 129 Å². The zero-order chi connectivity index (χ0) is 46.7. The summed E-state index contributed by atoms with van der Waals surface area (Å²) in [5, 5.41) is 26.8. The molecule has 0 fully saturated rings. The van der Waals surface area contributed by atoms with Gasteiger partial charge in [0.1, 0.15) is 23.0 Å². The van der Waals surface area contributed by atoms with Crippen LogP contribution >= 0.6 is 0 Å². The minimum Gasteiger partial charge on any atom is -0.504 e. The van der Waals surface area contributed by atoms with Crippen molar-refractivity contribution < 1.29 is 38.7 Å². The molecule has 0 heterocycles. The van der Waals surface area contributed by atoms with Crippen molar-refractivity contribution in [2.75, 3.05) is 24.3 Å². The topological polar surface area (TPSA) is 150 Å². The molecule has 0 saturated carbocycles. The minimum atomic E-state index is -0.748. The Bertz CT molecular complexity index is 2320. The number of aryl methyl sites for hydroxylation is 1. The number of ether oxygens (including phenoxy) is 4.